The molecule has 32 heavy (non-hydrogen) atoms. The Morgan fingerprint density at radius 2 is 1.84 bits per heavy atom. The van der Waals surface area contributed by atoms with E-state index < -0.39 is 0 Å². The van der Waals surface area contributed by atoms with Crippen LogP contribution < -0.4 is 10.1 Å². The van der Waals surface area contributed by atoms with E-state index in [1.165, 1.54) is 11.1 Å². The van der Waals surface area contributed by atoms with Gasteiger partial charge in [0.05, 0.1) is 5.52 Å². The number of rotatable bonds is 5. The van der Waals surface area contributed by atoms with Gasteiger partial charge in [0.1, 0.15) is 11.9 Å². The van der Waals surface area contributed by atoms with Crippen LogP contribution in [0.15, 0.2) is 54.7 Å². The minimum Gasteiger partial charge on any atom is -0.490 e. The Morgan fingerprint density at radius 3 is 2.53 bits per heavy atom. The Hall–Kier alpha value is -2.79. The van der Waals surface area contributed by atoms with Crippen molar-refractivity contribution in [2.45, 2.75) is 39.7 Å². The van der Waals surface area contributed by atoms with E-state index >= 15 is 0 Å². The molecule has 0 saturated carbocycles. The summed E-state index contributed by atoms with van der Waals surface area (Å²) in [5.41, 5.74) is 4.59. The average Bonchev–Trinajstić information content (AvgIpc) is 2.79. The first kappa shape index (κ1) is 23.9. The smallest absolute Gasteiger partial charge is 0.317 e. The fourth-order valence-corrected chi connectivity index (χ4v) is 4.09. The summed E-state index contributed by atoms with van der Waals surface area (Å²) in [7, 11) is 0. The molecular formula is C26H32ClN3O2. The summed E-state index contributed by atoms with van der Waals surface area (Å²) in [6.45, 7) is 8.51. The van der Waals surface area contributed by atoms with Crippen LogP contribution in [0.5, 0.6) is 5.75 Å². The van der Waals surface area contributed by atoms with Gasteiger partial charge in [-0.3, -0.25) is 4.98 Å². The van der Waals surface area contributed by atoms with E-state index in [4.69, 9.17) is 4.74 Å². The van der Waals surface area contributed by atoms with E-state index in [-0.39, 0.29) is 24.5 Å². The van der Waals surface area contributed by atoms with Crippen molar-refractivity contribution in [2.24, 2.45) is 5.92 Å². The monoisotopic (exact) mass is 453 g/mol. The number of aryl methyl sites for hydroxylation is 1. The number of benzene rings is 2. The van der Waals surface area contributed by atoms with E-state index in [0.717, 1.165) is 48.1 Å². The lowest BCUT2D eigenvalue weighted by Gasteiger charge is -2.32. The number of urea groups is 1. The maximum atomic E-state index is 12.2. The van der Waals surface area contributed by atoms with Gasteiger partial charge in [0.2, 0.25) is 0 Å². The average molecular weight is 454 g/mol. The summed E-state index contributed by atoms with van der Waals surface area (Å²) in [5.74, 6) is 1.34. The molecule has 170 valence electrons. The van der Waals surface area contributed by atoms with Crippen LogP contribution in [0.1, 0.15) is 32.3 Å². The van der Waals surface area contributed by atoms with Crippen molar-refractivity contribution in [3.63, 3.8) is 0 Å². The van der Waals surface area contributed by atoms with Crippen molar-refractivity contribution in [3.05, 3.63) is 60.3 Å². The van der Waals surface area contributed by atoms with Gasteiger partial charge in [-0.15, -0.1) is 12.4 Å². The molecule has 5 nitrogen and oxygen atoms in total. The molecule has 6 heteroatoms. The van der Waals surface area contributed by atoms with Gasteiger partial charge in [-0.1, -0.05) is 44.2 Å². The predicted octanol–water partition coefficient (Wildman–Crippen LogP) is 5.84. The highest BCUT2D eigenvalue weighted by atomic mass is 35.5. The molecule has 2 amide bonds. The molecule has 1 aliphatic heterocycles. The maximum Gasteiger partial charge on any atom is 0.317 e. The third-order valence-corrected chi connectivity index (χ3v) is 5.89. The molecule has 0 spiro atoms. The molecule has 0 bridgehead atoms. The van der Waals surface area contributed by atoms with Gasteiger partial charge in [-0.25, -0.2) is 4.79 Å². The molecule has 0 atom stereocenters. The molecule has 1 N–H and O–H groups in total. The van der Waals surface area contributed by atoms with E-state index in [2.05, 4.69) is 61.4 Å². The molecule has 3 aromatic rings. The van der Waals surface area contributed by atoms with Gasteiger partial charge in [0, 0.05) is 44.1 Å². The van der Waals surface area contributed by atoms with Gasteiger partial charge in [-0.05, 0) is 47.7 Å². The standard InChI is InChI=1S/C26H31N3O2.ClH/c1-18(2)17-28-26(30)29-15-12-23(13-16-29)31-22-9-6-20(7-10-22)24-11-8-21-5-4-14-27-25(21)19(24)3;/h4-11,14,18,23H,12-13,15-17H2,1-3H3,(H,28,30);1H. The largest absolute Gasteiger partial charge is 0.490 e. The van der Waals surface area contributed by atoms with Gasteiger partial charge < -0.3 is 15.0 Å². The predicted molar refractivity (Wildman–Crippen MR) is 133 cm³/mol. The lowest BCUT2D eigenvalue weighted by molar-refractivity contribution is 0.111. The van der Waals surface area contributed by atoms with Crippen molar-refractivity contribution < 1.29 is 9.53 Å². The number of carbonyl (C=O) groups is 1. The highest BCUT2D eigenvalue weighted by Crippen LogP contribution is 2.30. The number of halogens is 1. The van der Waals surface area contributed by atoms with E-state index in [1.807, 2.05) is 29.3 Å². The second-order valence-electron chi connectivity index (χ2n) is 8.72. The number of carbonyl (C=O) groups excluding carboxylic acids is 1. The van der Waals surface area contributed by atoms with Crippen LogP contribution in [-0.4, -0.2) is 41.7 Å². The zero-order valence-corrected chi connectivity index (χ0v) is 19.8. The number of pyridine rings is 1. The first-order valence-corrected chi connectivity index (χ1v) is 11.2. The zero-order valence-electron chi connectivity index (χ0n) is 19.0. The zero-order chi connectivity index (χ0) is 21.8. The lowest BCUT2D eigenvalue weighted by atomic mass is 9.98. The van der Waals surface area contributed by atoms with Gasteiger partial charge >= 0.3 is 6.03 Å². The van der Waals surface area contributed by atoms with Crippen LogP contribution in [-0.2, 0) is 0 Å². The Bertz CT molecular complexity index is 1040. The summed E-state index contributed by atoms with van der Waals surface area (Å²) >= 11 is 0. The quantitative estimate of drug-likeness (QED) is 0.527. The second kappa shape index (κ2) is 10.7. The Balaban J connectivity index is 0.00000289. The Morgan fingerprint density at radius 1 is 1.12 bits per heavy atom. The number of hydrogen-bond donors (Lipinski definition) is 1. The van der Waals surface area contributed by atoms with Crippen LogP contribution in [0.25, 0.3) is 22.0 Å². The molecule has 0 unspecified atom stereocenters. The first-order valence-electron chi connectivity index (χ1n) is 11.2. The molecule has 2 heterocycles. The molecule has 0 aliphatic carbocycles. The van der Waals surface area contributed by atoms with Crippen molar-refractivity contribution in [2.75, 3.05) is 19.6 Å². The van der Waals surface area contributed by atoms with Crippen LogP contribution in [0.2, 0.25) is 0 Å². The van der Waals surface area contributed by atoms with E-state index in [9.17, 15) is 4.79 Å². The highest BCUT2D eigenvalue weighted by Gasteiger charge is 2.24. The lowest BCUT2D eigenvalue weighted by Crippen LogP contribution is -2.47. The Labute approximate surface area is 196 Å². The summed E-state index contributed by atoms with van der Waals surface area (Å²) in [6.07, 6.45) is 3.69. The van der Waals surface area contributed by atoms with Crippen LogP contribution in [0.3, 0.4) is 0 Å². The summed E-state index contributed by atoms with van der Waals surface area (Å²) < 4.78 is 6.20. The number of hydrogen-bond acceptors (Lipinski definition) is 3. The van der Waals surface area contributed by atoms with Crippen molar-refractivity contribution in [1.29, 1.82) is 0 Å². The number of ether oxygens (including phenoxy) is 1. The molecule has 4 rings (SSSR count). The van der Waals surface area contributed by atoms with Gasteiger partial charge in [0.25, 0.3) is 0 Å². The van der Waals surface area contributed by atoms with Crippen molar-refractivity contribution in [3.8, 4) is 16.9 Å². The second-order valence-corrected chi connectivity index (χ2v) is 8.72. The van der Waals surface area contributed by atoms with Gasteiger partial charge in [-0.2, -0.15) is 0 Å². The highest BCUT2D eigenvalue weighted by molar-refractivity contribution is 5.88. The number of piperidine rings is 1. The van der Waals surface area contributed by atoms with Crippen LogP contribution in [0.4, 0.5) is 4.79 Å². The fourth-order valence-electron chi connectivity index (χ4n) is 4.09. The summed E-state index contributed by atoms with van der Waals surface area (Å²) in [4.78, 5) is 18.7. The molecule has 1 fully saturated rings. The molecule has 1 saturated heterocycles. The van der Waals surface area contributed by atoms with Gasteiger partial charge in [0.15, 0.2) is 0 Å². The van der Waals surface area contributed by atoms with E-state index in [0.29, 0.717) is 12.5 Å². The fraction of sp³-hybridized carbons (Fsp3) is 0.385. The number of nitrogens with one attached hydrogen (secondary N) is 1. The minimum atomic E-state index is 0. The van der Waals surface area contributed by atoms with E-state index in [1.54, 1.807) is 0 Å². The number of amides is 2. The third-order valence-electron chi connectivity index (χ3n) is 5.89. The minimum absolute atomic E-state index is 0. The first-order chi connectivity index (χ1) is 15.0. The summed E-state index contributed by atoms with van der Waals surface area (Å²) in [6, 6.07) is 16.7. The normalized spacial score (nSPS) is 14.3. The number of fused-ring (bicyclic) bond motifs is 1. The molecule has 1 aromatic heterocycles. The SMILES string of the molecule is Cc1c(-c2ccc(OC3CCN(C(=O)NCC(C)C)CC3)cc2)ccc2cccnc12.Cl. The Kier molecular flexibility index (Phi) is 7.97. The van der Waals surface area contributed by atoms with Crippen molar-refractivity contribution in [1.82, 2.24) is 15.2 Å². The van der Waals surface area contributed by atoms with Crippen LogP contribution in [0, 0.1) is 12.8 Å². The molecular weight excluding hydrogens is 422 g/mol. The van der Waals surface area contributed by atoms with Crippen LogP contribution >= 0.6 is 12.4 Å². The maximum absolute atomic E-state index is 12.2. The molecule has 0 radical (unpaired) electrons. The third kappa shape index (κ3) is 5.52. The van der Waals surface area contributed by atoms with Crippen molar-refractivity contribution >= 4 is 29.3 Å². The molecule has 2 aromatic carbocycles. The molecule has 1 aliphatic rings. The number of aromatic nitrogens is 1. The number of nitrogens with zero attached hydrogens (tertiary/aromatic N) is 2. The number of likely N-dealkylation sites (tertiary alicyclic amines) is 1. The topological polar surface area (TPSA) is 54.5 Å². The summed E-state index contributed by atoms with van der Waals surface area (Å²) in [5, 5.41) is 4.16.